The maximum absolute atomic E-state index is 13.6. The third kappa shape index (κ3) is 5.95. The molecular weight excluding hydrogens is 463 g/mol. The monoisotopic (exact) mass is 494 g/mol. The number of fused-ring (bicyclic) bond motifs is 1. The van der Waals surface area contributed by atoms with Crippen molar-refractivity contribution in [2.45, 2.75) is 45.4 Å². The molecule has 0 radical (unpaired) electrons. The second-order valence-electron chi connectivity index (χ2n) is 8.67. The molecule has 36 heavy (non-hydrogen) atoms. The SMILES string of the molecule is CCC[C@H](c1nnnn1CCOC)N(Cc1ccc(F)cc1)Cc1cc2cc(OC)ccc2[nH]c1=O. The van der Waals surface area contributed by atoms with Crippen molar-refractivity contribution in [2.75, 3.05) is 20.8 Å². The first-order chi connectivity index (χ1) is 17.5. The number of aromatic amines is 1. The molecule has 190 valence electrons. The van der Waals surface area contributed by atoms with Crippen LogP contribution in [-0.2, 0) is 24.4 Å². The van der Waals surface area contributed by atoms with E-state index in [1.54, 1.807) is 31.0 Å². The second-order valence-corrected chi connectivity index (χ2v) is 8.67. The molecule has 0 aliphatic carbocycles. The minimum atomic E-state index is -0.293. The van der Waals surface area contributed by atoms with Gasteiger partial charge in [-0.2, -0.15) is 0 Å². The van der Waals surface area contributed by atoms with E-state index in [1.165, 1.54) is 12.1 Å². The summed E-state index contributed by atoms with van der Waals surface area (Å²) in [5, 5.41) is 13.3. The fourth-order valence-electron chi connectivity index (χ4n) is 4.33. The van der Waals surface area contributed by atoms with E-state index in [4.69, 9.17) is 9.47 Å². The smallest absolute Gasteiger partial charge is 0.252 e. The van der Waals surface area contributed by atoms with E-state index in [0.29, 0.717) is 43.4 Å². The minimum absolute atomic E-state index is 0.161. The summed E-state index contributed by atoms with van der Waals surface area (Å²) in [6.07, 6.45) is 1.65. The lowest BCUT2D eigenvalue weighted by Crippen LogP contribution is -2.33. The van der Waals surface area contributed by atoms with Crippen LogP contribution in [0, 0.1) is 5.82 Å². The first-order valence-corrected chi connectivity index (χ1v) is 12.0. The Morgan fingerprint density at radius 2 is 1.92 bits per heavy atom. The van der Waals surface area contributed by atoms with E-state index < -0.39 is 0 Å². The summed E-state index contributed by atoms with van der Waals surface area (Å²) >= 11 is 0. The number of halogens is 1. The minimum Gasteiger partial charge on any atom is -0.497 e. The van der Waals surface area contributed by atoms with Gasteiger partial charge in [-0.15, -0.1) is 5.10 Å². The molecule has 0 saturated carbocycles. The van der Waals surface area contributed by atoms with E-state index >= 15 is 0 Å². The molecule has 4 rings (SSSR count). The van der Waals surface area contributed by atoms with Crippen molar-refractivity contribution in [1.29, 1.82) is 0 Å². The van der Waals surface area contributed by atoms with Gasteiger partial charge in [0.1, 0.15) is 11.6 Å². The molecule has 0 amide bonds. The van der Waals surface area contributed by atoms with Gasteiger partial charge in [-0.1, -0.05) is 25.5 Å². The predicted octanol–water partition coefficient (Wildman–Crippen LogP) is 3.85. The summed E-state index contributed by atoms with van der Waals surface area (Å²) in [5.41, 5.74) is 2.11. The van der Waals surface area contributed by atoms with Crippen molar-refractivity contribution in [3.8, 4) is 5.75 Å². The van der Waals surface area contributed by atoms with Crippen molar-refractivity contribution < 1.29 is 13.9 Å². The standard InChI is InChI=1S/C26H31FN6O3/c1-4-5-24(25-29-30-31-33(25)12-13-35-2)32(16-18-6-8-21(27)9-7-18)17-20-14-19-15-22(36-3)10-11-23(19)28-26(20)34/h6-11,14-15,24H,4-5,12-13,16-17H2,1-3H3,(H,28,34)/t24-/m1/s1. The van der Waals surface area contributed by atoms with E-state index in [2.05, 4.69) is 32.3 Å². The van der Waals surface area contributed by atoms with Gasteiger partial charge in [-0.3, -0.25) is 9.69 Å². The molecule has 0 spiro atoms. The molecule has 0 aliphatic rings. The molecule has 2 aromatic heterocycles. The molecule has 0 bridgehead atoms. The lowest BCUT2D eigenvalue weighted by Gasteiger charge is -2.31. The van der Waals surface area contributed by atoms with Crippen molar-refractivity contribution in [2.24, 2.45) is 0 Å². The van der Waals surface area contributed by atoms with Crippen LogP contribution < -0.4 is 10.3 Å². The molecule has 2 aromatic carbocycles. The molecule has 0 saturated heterocycles. The van der Waals surface area contributed by atoms with Gasteiger partial charge in [0.25, 0.3) is 5.56 Å². The van der Waals surface area contributed by atoms with Gasteiger partial charge in [0.15, 0.2) is 5.82 Å². The number of benzene rings is 2. The summed E-state index contributed by atoms with van der Waals surface area (Å²) in [7, 11) is 3.25. The number of rotatable bonds is 12. The second kappa shape index (κ2) is 11.9. The van der Waals surface area contributed by atoms with Crippen LogP contribution in [0.2, 0.25) is 0 Å². The average Bonchev–Trinajstić information content (AvgIpc) is 3.35. The third-order valence-electron chi connectivity index (χ3n) is 6.17. The van der Waals surface area contributed by atoms with Crippen molar-refractivity contribution >= 4 is 10.9 Å². The van der Waals surface area contributed by atoms with Crippen molar-refractivity contribution in [3.63, 3.8) is 0 Å². The number of methoxy groups -OCH3 is 2. The first kappa shape index (κ1) is 25.5. The normalized spacial score (nSPS) is 12.4. The molecule has 0 fully saturated rings. The van der Waals surface area contributed by atoms with Gasteiger partial charge in [0.2, 0.25) is 0 Å². The summed E-state index contributed by atoms with van der Waals surface area (Å²) < 4.78 is 25.9. The van der Waals surface area contributed by atoms with Crippen LogP contribution in [0.1, 0.15) is 42.8 Å². The Kier molecular flexibility index (Phi) is 8.40. The number of hydrogen-bond acceptors (Lipinski definition) is 7. The van der Waals surface area contributed by atoms with E-state index in [-0.39, 0.29) is 17.4 Å². The molecule has 2 heterocycles. The van der Waals surface area contributed by atoms with Crippen LogP contribution in [0.5, 0.6) is 5.75 Å². The average molecular weight is 495 g/mol. The Labute approximate surface area is 208 Å². The number of aromatic nitrogens is 5. The summed E-state index contributed by atoms with van der Waals surface area (Å²) in [6.45, 7) is 3.92. The number of nitrogens with zero attached hydrogens (tertiary/aromatic N) is 5. The van der Waals surface area contributed by atoms with Crippen LogP contribution in [0.4, 0.5) is 4.39 Å². The van der Waals surface area contributed by atoms with Crippen LogP contribution in [-0.4, -0.2) is 50.9 Å². The van der Waals surface area contributed by atoms with Gasteiger partial charge in [0.05, 0.1) is 26.3 Å². The van der Waals surface area contributed by atoms with Crippen LogP contribution in [0.3, 0.4) is 0 Å². The number of hydrogen-bond donors (Lipinski definition) is 1. The van der Waals surface area contributed by atoms with Gasteiger partial charge < -0.3 is 14.5 Å². The molecule has 0 aliphatic heterocycles. The van der Waals surface area contributed by atoms with E-state index in [1.807, 2.05) is 24.3 Å². The fraction of sp³-hybridized carbons (Fsp3) is 0.385. The summed E-state index contributed by atoms with van der Waals surface area (Å²) in [4.78, 5) is 18.2. The van der Waals surface area contributed by atoms with Crippen molar-refractivity contribution in [1.82, 2.24) is 30.1 Å². The zero-order valence-corrected chi connectivity index (χ0v) is 20.8. The maximum atomic E-state index is 13.6. The summed E-state index contributed by atoms with van der Waals surface area (Å²) in [5.74, 6) is 1.12. The molecule has 4 aromatic rings. The highest BCUT2D eigenvalue weighted by Gasteiger charge is 2.27. The zero-order valence-electron chi connectivity index (χ0n) is 20.8. The Bertz CT molecular complexity index is 1340. The van der Waals surface area contributed by atoms with Gasteiger partial charge >= 0.3 is 0 Å². The lowest BCUT2D eigenvalue weighted by molar-refractivity contribution is 0.147. The van der Waals surface area contributed by atoms with Gasteiger partial charge in [-0.25, -0.2) is 9.07 Å². The van der Waals surface area contributed by atoms with Crippen LogP contribution >= 0.6 is 0 Å². The molecule has 9 nitrogen and oxygen atoms in total. The molecule has 1 atom stereocenters. The Balaban J connectivity index is 1.75. The molecule has 0 unspecified atom stereocenters. The highest BCUT2D eigenvalue weighted by Crippen LogP contribution is 2.28. The predicted molar refractivity (Wildman–Crippen MR) is 134 cm³/mol. The quantitative estimate of drug-likeness (QED) is 0.319. The highest BCUT2D eigenvalue weighted by molar-refractivity contribution is 5.80. The fourth-order valence-corrected chi connectivity index (χ4v) is 4.33. The molecular formula is C26H31FN6O3. The topological polar surface area (TPSA) is 98.2 Å². The van der Waals surface area contributed by atoms with Gasteiger partial charge in [0, 0.05) is 36.7 Å². The maximum Gasteiger partial charge on any atom is 0.252 e. The third-order valence-corrected chi connectivity index (χ3v) is 6.17. The lowest BCUT2D eigenvalue weighted by atomic mass is 10.1. The molecule has 1 N–H and O–H groups in total. The van der Waals surface area contributed by atoms with Crippen molar-refractivity contribution in [3.05, 3.63) is 81.7 Å². The summed E-state index contributed by atoms with van der Waals surface area (Å²) in [6, 6.07) is 13.7. The number of pyridine rings is 1. The van der Waals surface area contributed by atoms with E-state index in [9.17, 15) is 9.18 Å². The van der Waals surface area contributed by atoms with Crippen LogP contribution in [0.25, 0.3) is 10.9 Å². The van der Waals surface area contributed by atoms with Gasteiger partial charge in [-0.05, 0) is 58.8 Å². The Hall–Kier alpha value is -3.63. The Morgan fingerprint density at radius 1 is 1.11 bits per heavy atom. The molecule has 10 heteroatoms. The Morgan fingerprint density at radius 3 is 2.64 bits per heavy atom. The zero-order chi connectivity index (χ0) is 25.5. The first-order valence-electron chi connectivity index (χ1n) is 12.0. The highest BCUT2D eigenvalue weighted by atomic mass is 19.1. The number of ether oxygens (including phenoxy) is 2. The van der Waals surface area contributed by atoms with E-state index in [0.717, 1.165) is 29.3 Å². The van der Waals surface area contributed by atoms with Crippen LogP contribution in [0.15, 0.2) is 53.3 Å². The largest absolute Gasteiger partial charge is 0.497 e. The number of nitrogens with one attached hydrogen (secondary N) is 1. The number of H-pyrrole nitrogens is 1. The number of tetrazole rings is 1.